The summed E-state index contributed by atoms with van der Waals surface area (Å²) in [6.45, 7) is 5.61. The molecule has 39 heavy (non-hydrogen) atoms. The Labute approximate surface area is 230 Å². The Morgan fingerprint density at radius 1 is 0.897 bits per heavy atom. The lowest BCUT2D eigenvalue weighted by Gasteiger charge is -2.31. The molecule has 3 aromatic carbocycles. The van der Waals surface area contributed by atoms with Gasteiger partial charge < -0.3 is 0 Å². The van der Waals surface area contributed by atoms with Gasteiger partial charge in [0.15, 0.2) is 5.78 Å². The molecule has 0 spiro atoms. The molecule has 0 radical (unpaired) electrons. The van der Waals surface area contributed by atoms with E-state index in [1.165, 1.54) is 40.0 Å². The number of nitriles is 1. The molecule has 1 saturated heterocycles. The van der Waals surface area contributed by atoms with Gasteiger partial charge >= 0.3 is 0 Å². The number of hydrogen-bond acceptors (Lipinski definition) is 4. The zero-order valence-electron chi connectivity index (χ0n) is 22.3. The van der Waals surface area contributed by atoms with Crippen molar-refractivity contribution in [3.05, 3.63) is 112 Å². The summed E-state index contributed by atoms with van der Waals surface area (Å²) < 4.78 is 13.3. The number of carbonyl (C=O) groups is 1. The molecule has 2 aliphatic heterocycles. The SMILES string of the molecule is N#Cc1ccc(CN2CCC(CC(=O)c3ccc4c(c3)C3=C(CCN(Cc5ccc(F)cc5)C3)C4)CC2)cc1. The van der Waals surface area contributed by atoms with Crippen molar-refractivity contribution in [2.45, 2.75) is 45.2 Å². The zero-order chi connectivity index (χ0) is 26.8. The fraction of sp³-hybridized carbons (Fsp3) is 0.353. The molecule has 0 atom stereocenters. The number of fused-ring (bicyclic) bond motifs is 2. The van der Waals surface area contributed by atoms with Crippen LogP contribution >= 0.6 is 0 Å². The Kier molecular flexibility index (Phi) is 7.41. The van der Waals surface area contributed by atoms with Gasteiger partial charge in [-0.1, -0.05) is 42.0 Å². The van der Waals surface area contributed by atoms with Gasteiger partial charge in [0.25, 0.3) is 0 Å². The van der Waals surface area contributed by atoms with Gasteiger partial charge in [-0.05, 0) is 103 Å². The summed E-state index contributed by atoms with van der Waals surface area (Å²) in [5.41, 5.74) is 9.41. The number of rotatable bonds is 7. The number of benzene rings is 3. The van der Waals surface area contributed by atoms with Crippen molar-refractivity contribution in [1.29, 1.82) is 5.26 Å². The molecule has 0 saturated carbocycles. The van der Waals surface area contributed by atoms with E-state index in [2.05, 4.69) is 28.0 Å². The van der Waals surface area contributed by atoms with Crippen LogP contribution < -0.4 is 0 Å². The Hall–Kier alpha value is -3.59. The van der Waals surface area contributed by atoms with Crippen LogP contribution in [0.4, 0.5) is 4.39 Å². The number of hydrogen-bond donors (Lipinski definition) is 0. The average molecular weight is 520 g/mol. The number of piperidine rings is 1. The van der Waals surface area contributed by atoms with Crippen LogP contribution in [-0.4, -0.2) is 41.8 Å². The van der Waals surface area contributed by atoms with Crippen LogP contribution in [0, 0.1) is 23.1 Å². The summed E-state index contributed by atoms with van der Waals surface area (Å²) in [5.74, 6) is 0.493. The lowest BCUT2D eigenvalue weighted by Crippen LogP contribution is -2.33. The first kappa shape index (κ1) is 25.7. The second-order valence-electron chi connectivity index (χ2n) is 11.4. The predicted molar refractivity (Wildman–Crippen MR) is 151 cm³/mol. The summed E-state index contributed by atoms with van der Waals surface area (Å²) in [6, 6.07) is 23.2. The van der Waals surface area contributed by atoms with E-state index in [0.717, 1.165) is 76.1 Å². The van der Waals surface area contributed by atoms with Crippen molar-refractivity contribution in [3.63, 3.8) is 0 Å². The lowest BCUT2D eigenvalue weighted by atomic mass is 9.88. The molecule has 3 aliphatic rings. The highest BCUT2D eigenvalue weighted by Gasteiger charge is 2.28. The van der Waals surface area contributed by atoms with Gasteiger partial charge in [-0.2, -0.15) is 5.26 Å². The largest absolute Gasteiger partial charge is 0.299 e. The first-order valence-electron chi connectivity index (χ1n) is 14.1. The van der Waals surface area contributed by atoms with E-state index < -0.39 is 0 Å². The van der Waals surface area contributed by atoms with Gasteiger partial charge in [-0.25, -0.2) is 4.39 Å². The maximum atomic E-state index is 13.3. The van der Waals surface area contributed by atoms with Crippen LogP contribution in [-0.2, 0) is 19.5 Å². The quantitative estimate of drug-likeness (QED) is 0.339. The van der Waals surface area contributed by atoms with E-state index in [4.69, 9.17) is 5.26 Å². The van der Waals surface area contributed by atoms with Crippen molar-refractivity contribution in [1.82, 2.24) is 9.80 Å². The second kappa shape index (κ2) is 11.3. The molecule has 198 valence electrons. The number of nitrogens with zero attached hydrogens (tertiary/aromatic N) is 3. The summed E-state index contributed by atoms with van der Waals surface area (Å²) in [5, 5.41) is 9.00. The first-order chi connectivity index (χ1) is 19.0. The molecule has 0 N–H and O–H groups in total. The van der Waals surface area contributed by atoms with Crippen LogP contribution in [0.25, 0.3) is 5.57 Å². The lowest BCUT2D eigenvalue weighted by molar-refractivity contribution is 0.0925. The second-order valence-corrected chi connectivity index (χ2v) is 11.4. The van der Waals surface area contributed by atoms with Gasteiger partial charge in [-0.15, -0.1) is 0 Å². The number of likely N-dealkylation sites (tertiary alicyclic amines) is 1. The Bertz CT molecular complexity index is 1430. The number of Topliss-reactive ketones (excluding diaryl/α,β-unsaturated/α-hetero) is 1. The fourth-order valence-electron chi connectivity index (χ4n) is 6.40. The van der Waals surface area contributed by atoms with Crippen LogP contribution in [0.3, 0.4) is 0 Å². The molecule has 5 heteroatoms. The molecule has 0 amide bonds. The van der Waals surface area contributed by atoms with Gasteiger partial charge in [0.1, 0.15) is 5.82 Å². The average Bonchev–Trinajstić information content (AvgIpc) is 3.33. The Balaban J connectivity index is 1.05. The minimum absolute atomic E-state index is 0.196. The molecule has 6 rings (SSSR count). The Morgan fingerprint density at radius 2 is 1.59 bits per heavy atom. The van der Waals surface area contributed by atoms with Crippen molar-refractivity contribution < 1.29 is 9.18 Å². The molecule has 0 aromatic heterocycles. The third kappa shape index (κ3) is 5.88. The standard InChI is InChI=1S/C34H34FN3O/c35-31-9-5-27(6-10-31)22-38-16-13-29-18-28-7-8-30(19-32(28)33(29)23-38)34(39)17-24-11-14-37(15-12-24)21-26-3-1-25(20-36)2-4-26/h1-10,19,24H,11-18,21-23H2. The maximum Gasteiger partial charge on any atom is 0.163 e. The minimum Gasteiger partial charge on any atom is -0.299 e. The molecule has 2 heterocycles. The fourth-order valence-corrected chi connectivity index (χ4v) is 6.40. The smallest absolute Gasteiger partial charge is 0.163 e. The highest BCUT2D eigenvalue weighted by Crippen LogP contribution is 2.39. The van der Waals surface area contributed by atoms with Crippen molar-refractivity contribution in [2.75, 3.05) is 26.2 Å². The molecule has 3 aromatic rings. The molecule has 0 bridgehead atoms. The van der Waals surface area contributed by atoms with E-state index >= 15 is 0 Å². The van der Waals surface area contributed by atoms with E-state index in [1.807, 2.05) is 42.5 Å². The van der Waals surface area contributed by atoms with Crippen LogP contribution in [0.5, 0.6) is 0 Å². The van der Waals surface area contributed by atoms with E-state index in [-0.39, 0.29) is 11.6 Å². The molecular weight excluding hydrogens is 485 g/mol. The summed E-state index contributed by atoms with van der Waals surface area (Å²) in [6.07, 6.45) is 4.75. The number of halogens is 1. The van der Waals surface area contributed by atoms with Crippen LogP contribution in [0.2, 0.25) is 0 Å². The van der Waals surface area contributed by atoms with Crippen LogP contribution in [0.15, 0.2) is 72.3 Å². The molecular formula is C34H34FN3O. The molecule has 0 unspecified atom stereocenters. The van der Waals surface area contributed by atoms with Gasteiger partial charge in [0.2, 0.25) is 0 Å². The number of ketones is 1. The predicted octanol–water partition coefficient (Wildman–Crippen LogP) is 6.40. The van der Waals surface area contributed by atoms with Gasteiger partial charge in [0.05, 0.1) is 11.6 Å². The van der Waals surface area contributed by atoms with Gasteiger partial charge in [0, 0.05) is 38.2 Å². The first-order valence-corrected chi connectivity index (χ1v) is 14.1. The maximum absolute atomic E-state index is 13.3. The monoisotopic (exact) mass is 519 g/mol. The van der Waals surface area contributed by atoms with Crippen molar-refractivity contribution in [3.8, 4) is 6.07 Å². The minimum atomic E-state index is -0.196. The third-order valence-corrected chi connectivity index (χ3v) is 8.69. The number of carbonyl (C=O) groups excluding carboxylic acids is 1. The molecule has 4 nitrogen and oxygen atoms in total. The summed E-state index contributed by atoms with van der Waals surface area (Å²) in [4.78, 5) is 18.2. The Morgan fingerprint density at radius 3 is 2.31 bits per heavy atom. The summed E-state index contributed by atoms with van der Waals surface area (Å²) in [7, 11) is 0. The van der Waals surface area contributed by atoms with Crippen molar-refractivity contribution >= 4 is 11.4 Å². The molecule has 1 fully saturated rings. The highest BCUT2D eigenvalue weighted by molar-refractivity contribution is 5.97. The van der Waals surface area contributed by atoms with E-state index in [1.54, 1.807) is 0 Å². The van der Waals surface area contributed by atoms with Gasteiger partial charge in [-0.3, -0.25) is 14.6 Å². The molecule has 1 aliphatic carbocycles. The van der Waals surface area contributed by atoms with Crippen molar-refractivity contribution in [2.24, 2.45) is 5.92 Å². The van der Waals surface area contributed by atoms with Crippen LogP contribution in [0.1, 0.15) is 63.9 Å². The third-order valence-electron chi connectivity index (χ3n) is 8.69. The van der Waals surface area contributed by atoms with E-state index in [0.29, 0.717) is 17.9 Å². The topological polar surface area (TPSA) is 47.3 Å². The van der Waals surface area contributed by atoms with E-state index in [9.17, 15) is 9.18 Å². The highest BCUT2D eigenvalue weighted by atomic mass is 19.1. The summed E-state index contributed by atoms with van der Waals surface area (Å²) >= 11 is 0. The normalized spacial score (nSPS) is 18.1. The zero-order valence-corrected chi connectivity index (χ0v) is 22.3.